The molecule has 0 aliphatic carbocycles. The third-order valence-corrected chi connectivity index (χ3v) is 5.50. The van der Waals surface area contributed by atoms with Gasteiger partial charge in [0.2, 0.25) is 0 Å². The van der Waals surface area contributed by atoms with Gasteiger partial charge in [0.25, 0.3) is 9.70 Å². The minimum atomic E-state index is -2.18. The standard InChI is InChI=1S/C23H38Cl3N3O3/c1-3-5-6-7-8-9-10-11-12-13-14-15-16-17-18-19(28-22(31)23(24,25)26)20(29-27)21(30)32-4-2/h10-11,19H,3-9,12-18H2,1-2H3,(H,28,31)/b11-10+. The largest absolute Gasteiger partial charge is 0.457 e. The first-order valence-corrected chi connectivity index (χ1v) is 12.8. The molecule has 32 heavy (non-hydrogen) atoms. The van der Waals surface area contributed by atoms with Crippen molar-refractivity contribution in [2.45, 2.75) is 107 Å². The quantitative estimate of drug-likeness (QED) is 0.0422. The molecule has 0 saturated carbocycles. The Balaban J connectivity index is 4.27. The van der Waals surface area contributed by atoms with Crippen molar-refractivity contribution < 1.29 is 19.1 Å². The van der Waals surface area contributed by atoms with Crippen LogP contribution in [0.1, 0.15) is 97.3 Å². The van der Waals surface area contributed by atoms with Crippen molar-refractivity contribution in [3.05, 3.63) is 17.7 Å². The molecule has 0 heterocycles. The smallest absolute Gasteiger partial charge is 0.419 e. The SMILES string of the molecule is CCCCCCC/C=C/CCCCCCCC(NC(=O)C(Cl)(Cl)Cl)C(=[N+]=[N-])C(=O)OCC. The number of halogens is 3. The van der Waals surface area contributed by atoms with Gasteiger partial charge in [-0.2, -0.15) is 4.79 Å². The predicted octanol–water partition coefficient (Wildman–Crippen LogP) is 6.72. The minimum Gasteiger partial charge on any atom is -0.457 e. The van der Waals surface area contributed by atoms with Crippen LogP contribution in [0.2, 0.25) is 0 Å². The van der Waals surface area contributed by atoms with Crippen molar-refractivity contribution in [2.75, 3.05) is 6.61 Å². The lowest BCUT2D eigenvalue weighted by molar-refractivity contribution is -0.140. The van der Waals surface area contributed by atoms with Crippen LogP contribution >= 0.6 is 34.8 Å². The van der Waals surface area contributed by atoms with Gasteiger partial charge in [-0.1, -0.05) is 105 Å². The first kappa shape index (κ1) is 30.9. The first-order valence-electron chi connectivity index (χ1n) is 11.7. The molecule has 0 radical (unpaired) electrons. The molecule has 0 aromatic carbocycles. The molecule has 0 fully saturated rings. The third-order valence-electron chi connectivity index (χ3n) is 4.99. The van der Waals surface area contributed by atoms with E-state index in [-0.39, 0.29) is 12.3 Å². The lowest BCUT2D eigenvalue weighted by Gasteiger charge is -2.17. The highest BCUT2D eigenvalue weighted by molar-refractivity contribution is 6.76. The number of hydrogen-bond donors (Lipinski definition) is 1. The molecule has 0 spiro atoms. The summed E-state index contributed by atoms with van der Waals surface area (Å²) in [5.41, 5.74) is 8.94. The topological polar surface area (TPSA) is 91.8 Å². The number of esters is 1. The van der Waals surface area contributed by atoms with Crippen LogP contribution in [0.15, 0.2) is 12.2 Å². The summed E-state index contributed by atoms with van der Waals surface area (Å²) in [6.45, 7) is 3.97. The summed E-state index contributed by atoms with van der Waals surface area (Å²) in [7, 11) is 0. The van der Waals surface area contributed by atoms with E-state index < -0.39 is 21.7 Å². The monoisotopic (exact) mass is 509 g/mol. The Morgan fingerprint density at radius 1 is 0.938 bits per heavy atom. The van der Waals surface area contributed by atoms with Crippen LogP contribution in [0.5, 0.6) is 0 Å². The Labute approximate surface area is 208 Å². The van der Waals surface area contributed by atoms with Gasteiger partial charge in [0.1, 0.15) is 6.04 Å². The van der Waals surface area contributed by atoms with E-state index in [1.807, 2.05) is 0 Å². The average Bonchev–Trinajstić information content (AvgIpc) is 2.73. The second-order valence-electron chi connectivity index (χ2n) is 7.75. The van der Waals surface area contributed by atoms with Gasteiger partial charge in [-0.15, -0.1) is 0 Å². The first-order chi connectivity index (χ1) is 15.3. The summed E-state index contributed by atoms with van der Waals surface area (Å²) in [5, 5.41) is 2.46. The summed E-state index contributed by atoms with van der Waals surface area (Å²) in [6.07, 6.45) is 18.6. The van der Waals surface area contributed by atoms with Gasteiger partial charge < -0.3 is 15.6 Å². The Morgan fingerprint density at radius 2 is 1.47 bits per heavy atom. The number of unbranched alkanes of at least 4 members (excludes halogenated alkanes) is 10. The van der Waals surface area contributed by atoms with E-state index in [2.05, 4.69) is 29.2 Å². The molecule has 0 aromatic rings. The number of allylic oxidation sites excluding steroid dienone is 2. The number of alkyl halides is 3. The van der Waals surface area contributed by atoms with Gasteiger partial charge in [-0.05, 0) is 39.0 Å². The number of nitrogens with one attached hydrogen (secondary N) is 1. The van der Waals surface area contributed by atoms with E-state index in [4.69, 9.17) is 39.5 Å². The summed E-state index contributed by atoms with van der Waals surface area (Å²) < 4.78 is 2.70. The van der Waals surface area contributed by atoms with Crippen LogP contribution in [-0.4, -0.2) is 38.8 Å². The molecule has 1 unspecified atom stereocenters. The van der Waals surface area contributed by atoms with Crippen molar-refractivity contribution in [1.29, 1.82) is 0 Å². The van der Waals surface area contributed by atoms with E-state index >= 15 is 0 Å². The molecule has 0 aliphatic heterocycles. The fraction of sp³-hybridized carbons (Fsp3) is 0.783. The summed E-state index contributed by atoms with van der Waals surface area (Å²) in [5.74, 6) is -1.71. The zero-order valence-corrected chi connectivity index (χ0v) is 21.7. The molecule has 184 valence electrons. The molecule has 0 bridgehead atoms. The summed E-state index contributed by atoms with van der Waals surface area (Å²) in [6, 6.07) is -0.901. The van der Waals surface area contributed by atoms with Crippen LogP contribution in [0, 0.1) is 0 Å². The van der Waals surface area contributed by atoms with E-state index in [0.717, 1.165) is 32.1 Å². The molecule has 0 saturated heterocycles. The van der Waals surface area contributed by atoms with Gasteiger partial charge in [0.05, 0.1) is 6.61 Å². The molecular formula is C23H38Cl3N3O3. The summed E-state index contributed by atoms with van der Waals surface area (Å²) in [4.78, 5) is 27.1. The lowest BCUT2D eigenvalue weighted by Crippen LogP contribution is -2.48. The van der Waals surface area contributed by atoms with Crippen LogP contribution in [-0.2, 0) is 14.3 Å². The molecule has 9 heteroatoms. The van der Waals surface area contributed by atoms with Crippen LogP contribution in [0.25, 0.3) is 5.53 Å². The molecule has 1 atom stereocenters. The molecule has 0 rings (SSSR count). The molecule has 1 N–H and O–H groups in total. The Bertz CT molecular complexity index is 615. The molecule has 0 aliphatic rings. The van der Waals surface area contributed by atoms with Crippen molar-refractivity contribution in [3.63, 3.8) is 0 Å². The maximum absolute atomic E-state index is 12.0. The fourth-order valence-electron chi connectivity index (χ4n) is 3.22. The maximum Gasteiger partial charge on any atom is 0.419 e. The number of ether oxygens (including phenoxy) is 1. The van der Waals surface area contributed by atoms with Crippen molar-refractivity contribution in [3.8, 4) is 0 Å². The second-order valence-corrected chi connectivity index (χ2v) is 10.0. The molecular weight excluding hydrogens is 473 g/mol. The van der Waals surface area contributed by atoms with Crippen LogP contribution < -0.4 is 5.32 Å². The molecule has 0 aromatic heterocycles. The zero-order valence-electron chi connectivity index (χ0n) is 19.4. The fourth-order valence-corrected chi connectivity index (χ4v) is 3.38. The Kier molecular flexibility index (Phi) is 18.8. The van der Waals surface area contributed by atoms with E-state index in [1.54, 1.807) is 6.92 Å². The van der Waals surface area contributed by atoms with Gasteiger partial charge in [0.15, 0.2) is 0 Å². The predicted molar refractivity (Wildman–Crippen MR) is 132 cm³/mol. The molecule has 6 nitrogen and oxygen atoms in total. The number of carbonyl (C=O) groups excluding carboxylic acids is 2. The maximum atomic E-state index is 12.0. The van der Waals surface area contributed by atoms with E-state index in [1.165, 1.54) is 38.5 Å². The number of rotatable bonds is 18. The van der Waals surface area contributed by atoms with Gasteiger partial charge in [0, 0.05) is 0 Å². The number of amides is 1. The Morgan fingerprint density at radius 3 is 1.97 bits per heavy atom. The lowest BCUT2D eigenvalue weighted by atomic mass is 10.0. The van der Waals surface area contributed by atoms with Crippen molar-refractivity contribution >= 4 is 52.4 Å². The number of hydrogen-bond acceptors (Lipinski definition) is 3. The van der Waals surface area contributed by atoms with Crippen molar-refractivity contribution in [2.24, 2.45) is 0 Å². The number of carbonyl (C=O) groups is 2. The van der Waals surface area contributed by atoms with Gasteiger partial charge in [-0.3, -0.25) is 4.79 Å². The highest BCUT2D eigenvalue weighted by Gasteiger charge is 2.38. The number of nitrogens with zero attached hydrogens (tertiary/aromatic N) is 2. The Hall–Kier alpha value is -1.07. The minimum absolute atomic E-state index is 0.107. The highest BCUT2D eigenvalue weighted by atomic mass is 35.6. The van der Waals surface area contributed by atoms with Crippen molar-refractivity contribution in [1.82, 2.24) is 5.32 Å². The molecule has 1 amide bonds. The van der Waals surface area contributed by atoms with Crippen LogP contribution in [0.3, 0.4) is 0 Å². The second kappa shape index (κ2) is 19.4. The third kappa shape index (κ3) is 15.7. The van der Waals surface area contributed by atoms with E-state index in [9.17, 15) is 15.1 Å². The van der Waals surface area contributed by atoms with Gasteiger partial charge >= 0.3 is 11.7 Å². The zero-order chi connectivity index (χ0) is 24.2. The normalized spacial score (nSPS) is 12.4. The van der Waals surface area contributed by atoms with Crippen LogP contribution in [0.4, 0.5) is 0 Å². The summed E-state index contributed by atoms with van der Waals surface area (Å²) >= 11 is 16.8. The van der Waals surface area contributed by atoms with Gasteiger partial charge in [-0.25, -0.2) is 4.79 Å². The average molecular weight is 511 g/mol. The highest BCUT2D eigenvalue weighted by Crippen LogP contribution is 2.26. The van der Waals surface area contributed by atoms with E-state index in [0.29, 0.717) is 12.8 Å².